The molecule has 1 aliphatic heterocycles. The Labute approximate surface area is 45.8 Å². The van der Waals surface area contributed by atoms with E-state index < -0.39 is 0 Å². The highest BCUT2D eigenvalue weighted by Gasteiger charge is 1.98. The molecule has 0 aromatic rings. The Hall–Kier alpha value is 0.200. The van der Waals surface area contributed by atoms with Crippen LogP contribution in [0.15, 0.2) is 11.7 Å². The lowest BCUT2D eigenvalue weighted by molar-refractivity contribution is 0.106. The summed E-state index contributed by atoms with van der Waals surface area (Å²) in [5.41, 5.74) is 0. The summed E-state index contributed by atoms with van der Waals surface area (Å²) in [6.45, 7) is 0. The van der Waals surface area contributed by atoms with Crippen molar-refractivity contribution in [1.29, 1.82) is 0 Å². The molecule has 34 valence electrons. The quantitative estimate of drug-likeness (QED) is 0.382. The Morgan fingerprint density at radius 2 is 2.67 bits per heavy atom. The smallest absolute Gasteiger partial charge is 0.121 e. The zero-order valence-corrected chi connectivity index (χ0v) is 4.58. The number of nitrogens with zero attached hydrogens (tertiary/aromatic N) is 1. The zero-order valence-electron chi connectivity index (χ0n) is 2.87. The highest BCUT2D eigenvalue weighted by atomic mass is 32.2. The van der Waals surface area contributed by atoms with Gasteiger partial charge in [-0.1, -0.05) is 0 Å². The predicted molar refractivity (Wildman–Crippen MR) is 28.6 cm³/mol. The summed E-state index contributed by atoms with van der Waals surface area (Å²) >= 11 is 5.20. The molecule has 1 rings (SSSR count). The Kier molecular flexibility index (Phi) is 1.29. The molecule has 0 radical (unpaired) electrons. The minimum absolute atomic E-state index is 1.36. The summed E-state index contributed by atoms with van der Waals surface area (Å²) in [5.74, 6) is 0. The SMILES string of the molecule is SN1OC=CS1. The first kappa shape index (κ1) is 4.36. The fourth-order valence-electron chi connectivity index (χ4n) is 0.179. The van der Waals surface area contributed by atoms with Gasteiger partial charge in [-0.3, -0.25) is 0 Å². The molecule has 0 aliphatic carbocycles. The first-order chi connectivity index (χ1) is 2.89. The number of rotatable bonds is 0. The minimum Gasteiger partial charge on any atom is -0.392 e. The van der Waals surface area contributed by atoms with Gasteiger partial charge in [-0.15, -0.1) is 0 Å². The van der Waals surface area contributed by atoms with E-state index in [9.17, 15) is 0 Å². The number of thiol groups is 1. The van der Waals surface area contributed by atoms with Gasteiger partial charge in [-0.05, 0) is 16.7 Å². The van der Waals surface area contributed by atoms with Crippen LogP contribution >= 0.6 is 24.8 Å². The lowest BCUT2D eigenvalue weighted by Crippen LogP contribution is -1.88. The van der Waals surface area contributed by atoms with E-state index in [1.807, 2.05) is 0 Å². The molecule has 0 aromatic heterocycles. The second kappa shape index (κ2) is 1.77. The lowest BCUT2D eigenvalue weighted by Gasteiger charge is -1.98. The van der Waals surface area contributed by atoms with Crippen molar-refractivity contribution in [1.82, 2.24) is 3.87 Å². The van der Waals surface area contributed by atoms with Crippen LogP contribution in [0.2, 0.25) is 0 Å². The van der Waals surface area contributed by atoms with Crippen molar-refractivity contribution in [2.75, 3.05) is 0 Å². The normalized spacial score (nSPS) is 21.5. The van der Waals surface area contributed by atoms with Crippen molar-refractivity contribution in [2.45, 2.75) is 0 Å². The van der Waals surface area contributed by atoms with E-state index in [1.165, 1.54) is 15.8 Å². The van der Waals surface area contributed by atoms with Crippen molar-refractivity contribution in [3.8, 4) is 0 Å². The van der Waals surface area contributed by atoms with Crippen LogP contribution in [0.1, 0.15) is 0 Å². The van der Waals surface area contributed by atoms with Crippen LogP contribution in [0.5, 0.6) is 0 Å². The Morgan fingerprint density at radius 3 is 2.83 bits per heavy atom. The molecule has 4 heteroatoms. The molecule has 2 nitrogen and oxygen atoms in total. The number of hydrogen-bond acceptors (Lipinski definition) is 4. The predicted octanol–water partition coefficient (Wildman–Crippen LogP) is 1.20. The molecule has 0 saturated carbocycles. The molecule has 0 fully saturated rings. The molecule has 0 N–H and O–H groups in total. The van der Waals surface area contributed by atoms with E-state index in [0.29, 0.717) is 0 Å². The topological polar surface area (TPSA) is 12.5 Å². The van der Waals surface area contributed by atoms with Gasteiger partial charge in [0.25, 0.3) is 0 Å². The molecule has 0 unspecified atom stereocenters. The molecule has 0 saturated heterocycles. The van der Waals surface area contributed by atoms with E-state index in [2.05, 4.69) is 17.7 Å². The average Bonchev–Trinajstić information content (AvgIpc) is 1.86. The summed E-state index contributed by atoms with van der Waals surface area (Å²) in [7, 11) is 0. The maximum atomic E-state index is 4.63. The largest absolute Gasteiger partial charge is 0.392 e. The van der Waals surface area contributed by atoms with Gasteiger partial charge in [0.1, 0.15) is 6.26 Å². The van der Waals surface area contributed by atoms with Gasteiger partial charge >= 0.3 is 0 Å². The molecular formula is C2H3NOS2. The van der Waals surface area contributed by atoms with E-state index in [1.54, 1.807) is 11.7 Å². The van der Waals surface area contributed by atoms with Gasteiger partial charge in [0.2, 0.25) is 0 Å². The molecule has 0 aromatic carbocycles. The third-order valence-corrected chi connectivity index (χ3v) is 1.23. The molecule has 0 atom stereocenters. The molecule has 6 heavy (non-hydrogen) atoms. The second-order valence-electron chi connectivity index (χ2n) is 0.721. The molecule has 0 amide bonds. The first-order valence-electron chi connectivity index (χ1n) is 1.37. The molecule has 0 spiro atoms. The van der Waals surface area contributed by atoms with Crippen LogP contribution < -0.4 is 0 Å². The van der Waals surface area contributed by atoms with E-state index >= 15 is 0 Å². The van der Waals surface area contributed by atoms with E-state index in [-0.39, 0.29) is 0 Å². The van der Waals surface area contributed by atoms with Gasteiger partial charge in [0.15, 0.2) is 0 Å². The molecular weight excluding hydrogens is 118 g/mol. The van der Waals surface area contributed by atoms with Crippen molar-refractivity contribution in [3.63, 3.8) is 0 Å². The third kappa shape index (κ3) is 0.830. The van der Waals surface area contributed by atoms with Crippen molar-refractivity contribution >= 4 is 24.8 Å². The lowest BCUT2D eigenvalue weighted by atomic mass is 11.2. The van der Waals surface area contributed by atoms with Crippen molar-refractivity contribution < 1.29 is 4.84 Å². The van der Waals surface area contributed by atoms with Crippen LogP contribution in [0.3, 0.4) is 0 Å². The summed E-state index contributed by atoms with van der Waals surface area (Å²) in [4.78, 5) is 4.63. The molecule has 1 heterocycles. The standard InChI is InChI=1S/C2H3NOS2/c5-3-4-1-2-6-3/h1-2,5H. The maximum absolute atomic E-state index is 4.63. The van der Waals surface area contributed by atoms with E-state index in [0.717, 1.165) is 0 Å². The van der Waals surface area contributed by atoms with Crippen LogP contribution in [-0.2, 0) is 4.84 Å². The number of hydrogen-bond donors (Lipinski definition) is 1. The summed E-state index contributed by atoms with van der Waals surface area (Å²) in [5, 5.41) is 1.80. The van der Waals surface area contributed by atoms with Gasteiger partial charge in [0, 0.05) is 17.4 Å². The fourth-order valence-corrected chi connectivity index (χ4v) is 0.699. The van der Waals surface area contributed by atoms with Crippen molar-refractivity contribution in [2.24, 2.45) is 0 Å². The molecule has 0 bridgehead atoms. The maximum Gasteiger partial charge on any atom is 0.121 e. The van der Waals surface area contributed by atoms with E-state index in [4.69, 9.17) is 0 Å². The third-order valence-electron chi connectivity index (χ3n) is 0.358. The van der Waals surface area contributed by atoms with Crippen LogP contribution in [-0.4, -0.2) is 3.87 Å². The highest BCUT2D eigenvalue weighted by Crippen LogP contribution is 2.20. The average molecular weight is 121 g/mol. The van der Waals surface area contributed by atoms with Crippen LogP contribution in [0, 0.1) is 0 Å². The van der Waals surface area contributed by atoms with Gasteiger partial charge in [-0.25, -0.2) is 0 Å². The summed E-state index contributed by atoms with van der Waals surface area (Å²) in [6.07, 6.45) is 1.57. The fraction of sp³-hybridized carbons (Fsp3) is 0. The van der Waals surface area contributed by atoms with Gasteiger partial charge in [-0.2, -0.15) is 0 Å². The second-order valence-corrected chi connectivity index (χ2v) is 2.17. The molecule has 1 aliphatic rings. The van der Waals surface area contributed by atoms with Crippen molar-refractivity contribution in [3.05, 3.63) is 11.7 Å². The van der Waals surface area contributed by atoms with Gasteiger partial charge in [0.05, 0.1) is 0 Å². The van der Waals surface area contributed by atoms with Gasteiger partial charge < -0.3 is 4.84 Å². The van der Waals surface area contributed by atoms with Crippen LogP contribution in [0.4, 0.5) is 0 Å². The Balaban J connectivity index is 2.32. The zero-order chi connectivity index (χ0) is 4.41. The Morgan fingerprint density at radius 1 is 1.83 bits per heavy atom. The summed E-state index contributed by atoms with van der Waals surface area (Å²) in [6, 6.07) is 0. The van der Waals surface area contributed by atoms with Crippen LogP contribution in [0.25, 0.3) is 0 Å². The first-order valence-corrected chi connectivity index (χ1v) is 2.61. The minimum atomic E-state index is 1.36. The highest BCUT2D eigenvalue weighted by molar-refractivity contribution is 8.07. The monoisotopic (exact) mass is 121 g/mol. The summed E-state index contributed by atoms with van der Waals surface area (Å²) < 4.78 is 1.36. The Bertz CT molecular complexity index is 65.9.